The molecular weight excluding hydrogens is 231 g/mol. The molecule has 0 saturated heterocycles. The van der Waals surface area contributed by atoms with Gasteiger partial charge in [0.2, 0.25) is 0 Å². The third-order valence-corrected chi connectivity index (χ3v) is 3.60. The Kier molecular flexibility index (Phi) is 3.55. The molecule has 1 N–H and O–H groups in total. The molecule has 0 radical (unpaired) electrons. The highest BCUT2D eigenvalue weighted by molar-refractivity contribution is 5.74. The maximum atomic E-state index is 14.0. The van der Waals surface area contributed by atoms with Crippen molar-refractivity contribution in [3.8, 4) is 0 Å². The number of hydrogen-bond acceptors (Lipinski definition) is 1. The predicted octanol–water partition coefficient (Wildman–Crippen LogP) is 2.87. The number of amides is 2. The van der Waals surface area contributed by atoms with E-state index in [1.807, 2.05) is 6.07 Å². The zero-order chi connectivity index (χ0) is 13.2. The summed E-state index contributed by atoms with van der Waals surface area (Å²) in [7, 11) is 3.39. The normalized spacial score (nSPS) is 17.5. The Morgan fingerprint density at radius 1 is 1.28 bits per heavy atom. The molecule has 1 aliphatic carbocycles. The fourth-order valence-corrected chi connectivity index (χ4v) is 2.61. The van der Waals surface area contributed by atoms with Gasteiger partial charge in [-0.2, -0.15) is 0 Å². The third-order valence-electron chi connectivity index (χ3n) is 3.60. The first-order valence-corrected chi connectivity index (χ1v) is 6.30. The van der Waals surface area contributed by atoms with Crippen molar-refractivity contribution in [1.29, 1.82) is 0 Å². The molecule has 3 nitrogen and oxygen atoms in total. The Balaban J connectivity index is 2.33. The van der Waals surface area contributed by atoms with Gasteiger partial charge in [-0.1, -0.05) is 31.0 Å². The molecule has 98 valence electrons. The van der Waals surface area contributed by atoms with Gasteiger partial charge in [0.05, 0.1) is 5.54 Å². The summed E-state index contributed by atoms with van der Waals surface area (Å²) in [6.45, 7) is 0. The monoisotopic (exact) mass is 250 g/mol. The molecule has 0 aromatic heterocycles. The van der Waals surface area contributed by atoms with E-state index in [4.69, 9.17) is 0 Å². The summed E-state index contributed by atoms with van der Waals surface area (Å²) in [5.74, 6) is -0.238. The van der Waals surface area contributed by atoms with Gasteiger partial charge in [0.15, 0.2) is 0 Å². The smallest absolute Gasteiger partial charge is 0.317 e. The average Bonchev–Trinajstić information content (AvgIpc) is 2.79. The van der Waals surface area contributed by atoms with Crippen LogP contribution in [0.5, 0.6) is 0 Å². The lowest BCUT2D eigenvalue weighted by Crippen LogP contribution is -2.48. The molecule has 1 aromatic carbocycles. The zero-order valence-electron chi connectivity index (χ0n) is 10.9. The lowest BCUT2D eigenvalue weighted by atomic mass is 9.88. The van der Waals surface area contributed by atoms with Gasteiger partial charge in [0.1, 0.15) is 5.82 Å². The number of hydrogen-bond donors (Lipinski definition) is 1. The molecule has 2 rings (SSSR count). The van der Waals surface area contributed by atoms with Crippen LogP contribution in [0, 0.1) is 5.82 Å². The Bertz CT molecular complexity index is 439. The summed E-state index contributed by atoms with van der Waals surface area (Å²) >= 11 is 0. The molecule has 1 aromatic rings. The van der Waals surface area contributed by atoms with Gasteiger partial charge in [-0.15, -0.1) is 0 Å². The Hall–Kier alpha value is -1.58. The summed E-state index contributed by atoms with van der Waals surface area (Å²) < 4.78 is 14.0. The van der Waals surface area contributed by atoms with Crippen molar-refractivity contribution in [2.24, 2.45) is 0 Å². The largest absolute Gasteiger partial charge is 0.331 e. The van der Waals surface area contributed by atoms with Crippen molar-refractivity contribution in [3.63, 3.8) is 0 Å². The zero-order valence-corrected chi connectivity index (χ0v) is 10.9. The highest BCUT2D eigenvalue weighted by Crippen LogP contribution is 2.39. The number of carbonyl (C=O) groups is 1. The third kappa shape index (κ3) is 2.33. The second-order valence-corrected chi connectivity index (χ2v) is 5.09. The minimum atomic E-state index is -0.535. The van der Waals surface area contributed by atoms with Gasteiger partial charge in [-0.25, -0.2) is 9.18 Å². The number of carbonyl (C=O) groups excluding carboxylic acids is 1. The van der Waals surface area contributed by atoms with E-state index in [2.05, 4.69) is 5.32 Å². The van der Waals surface area contributed by atoms with Gasteiger partial charge in [-0.3, -0.25) is 0 Å². The summed E-state index contributed by atoms with van der Waals surface area (Å²) in [6, 6.07) is 6.56. The maximum absolute atomic E-state index is 14.0. The number of halogens is 1. The molecule has 1 fully saturated rings. The summed E-state index contributed by atoms with van der Waals surface area (Å²) in [6.07, 6.45) is 3.63. The van der Waals surface area contributed by atoms with Gasteiger partial charge < -0.3 is 10.2 Å². The molecule has 0 bridgehead atoms. The van der Waals surface area contributed by atoms with Gasteiger partial charge >= 0.3 is 6.03 Å². The predicted molar refractivity (Wildman–Crippen MR) is 68.8 cm³/mol. The molecule has 0 atom stereocenters. The molecule has 0 spiro atoms. The van der Waals surface area contributed by atoms with E-state index in [1.165, 1.54) is 11.0 Å². The molecule has 1 aliphatic rings. The number of urea groups is 1. The fourth-order valence-electron chi connectivity index (χ4n) is 2.61. The van der Waals surface area contributed by atoms with Crippen LogP contribution in [0.1, 0.15) is 31.2 Å². The van der Waals surface area contributed by atoms with E-state index in [0.29, 0.717) is 5.56 Å². The van der Waals surface area contributed by atoms with Crippen LogP contribution in [0.4, 0.5) is 9.18 Å². The van der Waals surface area contributed by atoms with E-state index in [-0.39, 0.29) is 11.8 Å². The Labute approximate surface area is 107 Å². The summed E-state index contributed by atoms with van der Waals surface area (Å²) in [4.78, 5) is 13.4. The first kappa shape index (κ1) is 12.9. The highest BCUT2D eigenvalue weighted by Gasteiger charge is 2.39. The van der Waals surface area contributed by atoms with E-state index >= 15 is 0 Å². The first-order valence-electron chi connectivity index (χ1n) is 6.30. The van der Waals surface area contributed by atoms with Crippen LogP contribution in [-0.2, 0) is 5.54 Å². The Morgan fingerprint density at radius 2 is 1.89 bits per heavy atom. The van der Waals surface area contributed by atoms with Crippen molar-refractivity contribution in [3.05, 3.63) is 35.6 Å². The van der Waals surface area contributed by atoms with Crippen molar-refractivity contribution in [2.75, 3.05) is 14.1 Å². The lowest BCUT2D eigenvalue weighted by Gasteiger charge is -2.32. The standard InChI is InChI=1S/C14H19FN2O/c1-17(2)13(18)16-14(9-5-6-10-14)11-7-3-4-8-12(11)15/h3-4,7-8H,5-6,9-10H2,1-2H3,(H,16,18). The number of nitrogens with zero attached hydrogens (tertiary/aromatic N) is 1. The summed E-state index contributed by atoms with van der Waals surface area (Å²) in [5.41, 5.74) is 0.0740. The second-order valence-electron chi connectivity index (χ2n) is 5.09. The molecule has 0 aliphatic heterocycles. The maximum Gasteiger partial charge on any atom is 0.317 e. The molecule has 4 heteroatoms. The topological polar surface area (TPSA) is 32.3 Å². The molecule has 1 saturated carbocycles. The molecule has 2 amide bonds. The number of nitrogens with one attached hydrogen (secondary N) is 1. The van der Waals surface area contributed by atoms with Crippen molar-refractivity contribution >= 4 is 6.03 Å². The fraction of sp³-hybridized carbons (Fsp3) is 0.500. The number of rotatable bonds is 2. The van der Waals surface area contributed by atoms with Crippen LogP contribution in [0.25, 0.3) is 0 Å². The van der Waals surface area contributed by atoms with Crippen LogP contribution in [0.15, 0.2) is 24.3 Å². The van der Waals surface area contributed by atoms with Crippen LogP contribution < -0.4 is 5.32 Å². The minimum Gasteiger partial charge on any atom is -0.331 e. The first-order chi connectivity index (χ1) is 8.55. The van der Waals surface area contributed by atoms with Crippen LogP contribution in [0.3, 0.4) is 0 Å². The van der Waals surface area contributed by atoms with E-state index < -0.39 is 5.54 Å². The van der Waals surface area contributed by atoms with E-state index in [1.54, 1.807) is 26.2 Å². The summed E-state index contributed by atoms with van der Waals surface area (Å²) in [5, 5.41) is 3.00. The van der Waals surface area contributed by atoms with Crippen molar-refractivity contribution in [1.82, 2.24) is 10.2 Å². The van der Waals surface area contributed by atoms with Gasteiger partial charge in [0.25, 0.3) is 0 Å². The molecule has 18 heavy (non-hydrogen) atoms. The minimum absolute atomic E-state index is 0.167. The Morgan fingerprint density at radius 3 is 2.44 bits per heavy atom. The quantitative estimate of drug-likeness (QED) is 0.860. The highest BCUT2D eigenvalue weighted by atomic mass is 19.1. The second kappa shape index (κ2) is 4.96. The van der Waals surface area contributed by atoms with E-state index in [0.717, 1.165) is 25.7 Å². The van der Waals surface area contributed by atoms with Gasteiger partial charge in [0, 0.05) is 19.7 Å². The SMILES string of the molecule is CN(C)C(=O)NC1(c2ccccc2F)CCCC1. The molecule has 0 heterocycles. The molecular formula is C14H19FN2O. The lowest BCUT2D eigenvalue weighted by molar-refractivity contribution is 0.199. The van der Waals surface area contributed by atoms with Crippen LogP contribution in [-0.4, -0.2) is 25.0 Å². The van der Waals surface area contributed by atoms with Crippen LogP contribution >= 0.6 is 0 Å². The van der Waals surface area contributed by atoms with E-state index in [9.17, 15) is 9.18 Å². The van der Waals surface area contributed by atoms with Crippen LogP contribution in [0.2, 0.25) is 0 Å². The average molecular weight is 250 g/mol. The number of benzene rings is 1. The van der Waals surface area contributed by atoms with Crippen molar-refractivity contribution in [2.45, 2.75) is 31.2 Å². The van der Waals surface area contributed by atoms with Crippen molar-refractivity contribution < 1.29 is 9.18 Å². The van der Waals surface area contributed by atoms with Gasteiger partial charge in [-0.05, 0) is 18.9 Å². The molecule has 0 unspecified atom stereocenters.